The van der Waals surface area contributed by atoms with Gasteiger partial charge in [0, 0.05) is 23.9 Å². The molecule has 0 aliphatic carbocycles. The molecular weight excluding hydrogens is 290 g/mol. The molecule has 0 aliphatic rings. The average Bonchev–Trinajstić information content (AvgIpc) is 2.59. The Morgan fingerprint density at radius 1 is 1.04 bits per heavy atom. The van der Waals surface area contributed by atoms with Gasteiger partial charge in [-0.25, -0.2) is 0 Å². The van der Waals surface area contributed by atoms with E-state index in [4.69, 9.17) is 9.47 Å². The standard InChI is InChI=1S/C19H23NO3/c1-4-8-18(14-9-6-5-7-10-14)19(21)20-15-11-16(22-2)13-17(12-15)23-3/h5-7,9-13,18H,4,8H2,1-3H3,(H,20,21)/t18-/m0/s1. The Morgan fingerprint density at radius 2 is 1.65 bits per heavy atom. The predicted octanol–water partition coefficient (Wildman–Crippen LogP) is 4.23. The molecular formula is C19H23NO3. The molecule has 0 bridgehead atoms. The van der Waals surface area contributed by atoms with E-state index in [9.17, 15) is 4.79 Å². The lowest BCUT2D eigenvalue weighted by Gasteiger charge is -2.17. The molecule has 0 heterocycles. The molecule has 4 heteroatoms. The molecule has 4 nitrogen and oxygen atoms in total. The van der Waals surface area contributed by atoms with Crippen molar-refractivity contribution >= 4 is 11.6 Å². The topological polar surface area (TPSA) is 47.6 Å². The van der Waals surface area contributed by atoms with Gasteiger partial charge in [-0.15, -0.1) is 0 Å². The van der Waals surface area contributed by atoms with Gasteiger partial charge in [0.05, 0.1) is 20.1 Å². The molecule has 0 radical (unpaired) electrons. The van der Waals surface area contributed by atoms with Crippen LogP contribution in [0.4, 0.5) is 5.69 Å². The lowest BCUT2D eigenvalue weighted by atomic mass is 9.93. The van der Waals surface area contributed by atoms with Crippen molar-refractivity contribution in [3.8, 4) is 11.5 Å². The van der Waals surface area contributed by atoms with E-state index in [1.807, 2.05) is 30.3 Å². The fourth-order valence-electron chi connectivity index (χ4n) is 2.53. The highest BCUT2D eigenvalue weighted by atomic mass is 16.5. The van der Waals surface area contributed by atoms with Gasteiger partial charge in [-0.1, -0.05) is 43.7 Å². The number of amides is 1. The number of hydrogen-bond donors (Lipinski definition) is 1. The van der Waals surface area contributed by atoms with Crippen LogP contribution in [-0.4, -0.2) is 20.1 Å². The first-order valence-electron chi connectivity index (χ1n) is 7.76. The fraction of sp³-hybridized carbons (Fsp3) is 0.316. The monoisotopic (exact) mass is 313 g/mol. The Balaban J connectivity index is 2.21. The third-order valence-electron chi connectivity index (χ3n) is 3.71. The molecule has 1 amide bonds. The SMILES string of the molecule is CCC[C@H](C(=O)Nc1cc(OC)cc(OC)c1)c1ccccc1. The molecule has 0 saturated carbocycles. The van der Waals surface area contributed by atoms with Crippen molar-refractivity contribution < 1.29 is 14.3 Å². The van der Waals surface area contributed by atoms with Crippen LogP contribution in [0, 0.1) is 0 Å². The summed E-state index contributed by atoms with van der Waals surface area (Å²) in [6.45, 7) is 2.08. The summed E-state index contributed by atoms with van der Waals surface area (Å²) in [5, 5.41) is 2.98. The van der Waals surface area contributed by atoms with Crippen LogP contribution >= 0.6 is 0 Å². The number of anilines is 1. The summed E-state index contributed by atoms with van der Waals surface area (Å²) < 4.78 is 10.5. The third-order valence-corrected chi connectivity index (χ3v) is 3.71. The minimum absolute atomic E-state index is 0.0200. The summed E-state index contributed by atoms with van der Waals surface area (Å²) in [4.78, 5) is 12.7. The van der Waals surface area contributed by atoms with E-state index in [0.717, 1.165) is 18.4 Å². The van der Waals surface area contributed by atoms with E-state index >= 15 is 0 Å². The van der Waals surface area contributed by atoms with Crippen molar-refractivity contribution in [3.63, 3.8) is 0 Å². The van der Waals surface area contributed by atoms with E-state index in [1.165, 1.54) is 0 Å². The van der Waals surface area contributed by atoms with Crippen molar-refractivity contribution in [1.29, 1.82) is 0 Å². The molecule has 0 spiro atoms. The maximum Gasteiger partial charge on any atom is 0.231 e. The second-order valence-corrected chi connectivity index (χ2v) is 5.34. The van der Waals surface area contributed by atoms with E-state index < -0.39 is 0 Å². The van der Waals surface area contributed by atoms with E-state index in [2.05, 4.69) is 12.2 Å². The molecule has 23 heavy (non-hydrogen) atoms. The predicted molar refractivity (Wildman–Crippen MR) is 92.3 cm³/mol. The first-order chi connectivity index (χ1) is 11.2. The van der Waals surface area contributed by atoms with Gasteiger partial charge in [-0.3, -0.25) is 4.79 Å². The molecule has 0 unspecified atom stereocenters. The highest BCUT2D eigenvalue weighted by Gasteiger charge is 2.20. The van der Waals surface area contributed by atoms with Crippen LogP contribution in [0.15, 0.2) is 48.5 Å². The smallest absolute Gasteiger partial charge is 0.231 e. The molecule has 0 fully saturated rings. The Bertz CT molecular complexity index is 618. The summed E-state index contributed by atoms with van der Waals surface area (Å²) in [6.07, 6.45) is 1.74. The number of benzene rings is 2. The molecule has 2 aromatic rings. The molecule has 0 aliphatic heterocycles. The number of carbonyl (C=O) groups is 1. The highest BCUT2D eigenvalue weighted by molar-refractivity contribution is 5.96. The maximum absolute atomic E-state index is 12.7. The summed E-state index contributed by atoms with van der Waals surface area (Å²) in [5.74, 6) is 1.10. The first-order valence-corrected chi connectivity index (χ1v) is 7.76. The number of ether oxygens (including phenoxy) is 2. The first kappa shape index (κ1) is 16.9. The van der Waals surface area contributed by atoms with Crippen molar-refractivity contribution in [2.45, 2.75) is 25.7 Å². The average molecular weight is 313 g/mol. The van der Waals surface area contributed by atoms with Gasteiger partial charge in [0.15, 0.2) is 0 Å². The second-order valence-electron chi connectivity index (χ2n) is 5.34. The minimum Gasteiger partial charge on any atom is -0.497 e. The maximum atomic E-state index is 12.7. The minimum atomic E-state index is -0.168. The zero-order chi connectivity index (χ0) is 16.7. The Hall–Kier alpha value is -2.49. The van der Waals surface area contributed by atoms with Crippen LogP contribution in [0.1, 0.15) is 31.2 Å². The van der Waals surface area contributed by atoms with Crippen molar-refractivity contribution in [2.75, 3.05) is 19.5 Å². The van der Waals surface area contributed by atoms with Gasteiger partial charge in [0.1, 0.15) is 11.5 Å². The van der Waals surface area contributed by atoms with Gasteiger partial charge >= 0.3 is 0 Å². The van der Waals surface area contributed by atoms with E-state index in [1.54, 1.807) is 32.4 Å². The number of methoxy groups -OCH3 is 2. The summed E-state index contributed by atoms with van der Waals surface area (Å²) in [7, 11) is 3.18. The van der Waals surface area contributed by atoms with E-state index in [-0.39, 0.29) is 11.8 Å². The zero-order valence-corrected chi connectivity index (χ0v) is 13.8. The second kappa shape index (κ2) is 8.22. The van der Waals surface area contributed by atoms with Gasteiger partial charge in [0.2, 0.25) is 5.91 Å². The summed E-state index contributed by atoms with van der Waals surface area (Å²) >= 11 is 0. The number of hydrogen-bond acceptors (Lipinski definition) is 3. The molecule has 2 aromatic carbocycles. The van der Waals surface area contributed by atoms with E-state index in [0.29, 0.717) is 17.2 Å². The molecule has 2 rings (SSSR count). The van der Waals surface area contributed by atoms with Crippen LogP contribution in [-0.2, 0) is 4.79 Å². The van der Waals surface area contributed by atoms with Crippen LogP contribution in [0.25, 0.3) is 0 Å². The highest BCUT2D eigenvalue weighted by Crippen LogP contribution is 2.28. The number of rotatable bonds is 7. The molecule has 0 saturated heterocycles. The molecule has 1 atom stereocenters. The Labute approximate surface area is 137 Å². The fourth-order valence-corrected chi connectivity index (χ4v) is 2.53. The largest absolute Gasteiger partial charge is 0.497 e. The van der Waals surface area contributed by atoms with Gasteiger partial charge in [-0.05, 0) is 12.0 Å². The Morgan fingerprint density at radius 3 is 2.17 bits per heavy atom. The van der Waals surface area contributed by atoms with Crippen molar-refractivity contribution in [3.05, 3.63) is 54.1 Å². The number of carbonyl (C=O) groups excluding carboxylic acids is 1. The van der Waals surface area contributed by atoms with Crippen LogP contribution in [0.5, 0.6) is 11.5 Å². The van der Waals surface area contributed by atoms with Crippen LogP contribution in [0.3, 0.4) is 0 Å². The lowest BCUT2D eigenvalue weighted by Crippen LogP contribution is -2.21. The number of nitrogens with one attached hydrogen (secondary N) is 1. The third kappa shape index (κ3) is 4.49. The van der Waals surface area contributed by atoms with Gasteiger partial charge < -0.3 is 14.8 Å². The van der Waals surface area contributed by atoms with Crippen molar-refractivity contribution in [1.82, 2.24) is 0 Å². The van der Waals surface area contributed by atoms with Gasteiger partial charge in [-0.2, -0.15) is 0 Å². The van der Waals surface area contributed by atoms with Crippen LogP contribution < -0.4 is 14.8 Å². The van der Waals surface area contributed by atoms with Gasteiger partial charge in [0.25, 0.3) is 0 Å². The molecule has 1 N–H and O–H groups in total. The Kier molecular flexibility index (Phi) is 6.03. The van der Waals surface area contributed by atoms with Crippen LogP contribution in [0.2, 0.25) is 0 Å². The quantitative estimate of drug-likeness (QED) is 0.832. The summed E-state index contributed by atoms with van der Waals surface area (Å²) in [6, 6.07) is 15.2. The molecule has 122 valence electrons. The normalized spacial score (nSPS) is 11.6. The lowest BCUT2D eigenvalue weighted by molar-refractivity contribution is -0.117. The van der Waals surface area contributed by atoms with Crippen molar-refractivity contribution in [2.24, 2.45) is 0 Å². The summed E-state index contributed by atoms with van der Waals surface area (Å²) in [5.41, 5.74) is 1.70. The zero-order valence-electron chi connectivity index (χ0n) is 13.8. The molecule has 0 aromatic heterocycles.